The Morgan fingerprint density at radius 3 is 2.66 bits per heavy atom. The molecule has 0 spiro atoms. The van der Waals surface area contributed by atoms with Gasteiger partial charge in [0.25, 0.3) is 5.69 Å². The number of nitro benzene ring substituents is 1. The number of nitrogens with zero attached hydrogens (tertiary/aromatic N) is 3. The number of anilines is 1. The van der Waals surface area contributed by atoms with Crippen molar-refractivity contribution in [3.05, 3.63) is 75.6 Å². The summed E-state index contributed by atoms with van der Waals surface area (Å²) < 4.78 is 7.59. The van der Waals surface area contributed by atoms with Crippen LogP contribution in [0.1, 0.15) is 23.2 Å². The zero-order chi connectivity index (χ0) is 21.0. The van der Waals surface area contributed by atoms with Crippen LogP contribution in [0.5, 0.6) is 11.5 Å². The number of aryl methyl sites for hydroxylation is 4. The average molecular weight is 394 g/mol. The van der Waals surface area contributed by atoms with Crippen molar-refractivity contribution in [2.24, 2.45) is 0 Å². The third kappa shape index (κ3) is 5.19. The van der Waals surface area contributed by atoms with Crippen LogP contribution in [0.4, 0.5) is 11.4 Å². The van der Waals surface area contributed by atoms with Gasteiger partial charge in [0.1, 0.15) is 11.5 Å². The van der Waals surface area contributed by atoms with Crippen molar-refractivity contribution < 1.29 is 14.5 Å². The third-order valence-electron chi connectivity index (χ3n) is 4.44. The molecule has 0 saturated carbocycles. The van der Waals surface area contributed by atoms with Gasteiger partial charge in [-0.15, -0.1) is 0 Å². The van der Waals surface area contributed by atoms with E-state index in [0.717, 1.165) is 16.8 Å². The molecule has 150 valence electrons. The second kappa shape index (κ2) is 8.55. The highest BCUT2D eigenvalue weighted by Gasteiger charge is 2.14. The Hall–Kier alpha value is -3.68. The predicted molar refractivity (Wildman–Crippen MR) is 109 cm³/mol. The average Bonchev–Trinajstić information content (AvgIpc) is 3.07. The Bertz CT molecular complexity index is 1060. The van der Waals surface area contributed by atoms with Gasteiger partial charge < -0.3 is 10.1 Å². The highest BCUT2D eigenvalue weighted by Crippen LogP contribution is 2.31. The summed E-state index contributed by atoms with van der Waals surface area (Å²) in [5, 5.41) is 18.2. The zero-order valence-electron chi connectivity index (χ0n) is 16.5. The van der Waals surface area contributed by atoms with Gasteiger partial charge in [0.05, 0.1) is 16.7 Å². The lowest BCUT2D eigenvalue weighted by Gasteiger charge is -2.12. The number of ether oxygens (including phenoxy) is 1. The maximum atomic E-state index is 12.3. The lowest BCUT2D eigenvalue weighted by Crippen LogP contribution is -2.15. The number of hydrogen-bond donors (Lipinski definition) is 1. The van der Waals surface area contributed by atoms with Crippen LogP contribution in [-0.4, -0.2) is 20.6 Å². The van der Waals surface area contributed by atoms with E-state index in [4.69, 9.17) is 4.74 Å². The fraction of sp³-hybridized carbons (Fsp3) is 0.238. The highest BCUT2D eigenvalue weighted by molar-refractivity contribution is 5.91. The molecule has 0 aliphatic carbocycles. The first-order valence-electron chi connectivity index (χ1n) is 9.14. The molecule has 1 N–H and O–H groups in total. The second-order valence-corrected chi connectivity index (χ2v) is 6.84. The maximum Gasteiger partial charge on any atom is 0.275 e. The monoisotopic (exact) mass is 394 g/mol. The first-order valence-corrected chi connectivity index (χ1v) is 9.14. The van der Waals surface area contributed by atoms with E-state index >= 15 is 0 Å². The van der Waals surface area contributed by atoms with Crippen molar-refractivity contribution in [1.82, 2.24) is 9.78 Å². The van der Waals surface area contributed by atoms with E-state index in [0.29, 0.717) is 18.0 Å². The van der Waals surface area contributed by atoms with E-state index in [1.54, 1.807) is 16.9 Å². The smallest absolute Gasteiger partial charge is 0.275 e. The minimum absolute atomic E-state index is 0.161. The van der Waals surface area contributed by atoms with Gasteiger partial charge in [0.2, 0.25) is 5.91 Å². The number of carbonyl (C=O) groups is 1. The Balaban J connectivity index is 1.77. The van der Waals surface area contributed by atoms with Crippen molar-refractivity contribution in [2.75, 3.05) is 5.32 Å². The quantitative estimate of drug-likeness (QED) is 0.468. The first-order chi connectivity index (χ1) is 13.8. The number of benzene rings is 2. The van der Waals surface area contributed by atoms with Crippen LogP contribution in [0, 0.1) is 30.9 Å². The second-order valence-electron chi connectivity index (χ2n) is 6.84. The number of non-ortho nitro benzene ring substituents is 1. The van der Waals surface area contributed by atoms with Crippen LogP contribution in [0.3, 0.4) is 0 Å². The topological polar surface area (TPSA) is 99.3 Å². The Morgan fingerprint density at radius 1 is 1.17 bits per heavy atom. The van der Waals surface area contributed by atoms with Gasteiger partial charge in [-0.1, -0.05) is 12.1 Å². The van der Waals surface area contributed by atoms with Gasteiger partial charge in [-0.05, 0) is 44.0 Å². The van der Waals surface area contributed by atoms with Gasteiger partial charge >= 0.3 is 0 Å². The molecule has 0 aliphatic heterocycles. The van der Waals surface area contributed by atoms with E-state index < -0.39 is 4.92 Å². The number of nitro groups is 1. The maximum absolute atomic E-state index is 12.3. The van der Waals surface area contributed by atoms with Gasteiger partial charge in [0, 0.05) is 37.0 Å². The molecule has 1 amide bonds. The van der Waals surface area contributed by atoms with Gasteiger partial charge in [-0.3, -0.25) is 19.6 Å². The molecule has 0 aliphatic rings. The summed E-state index contributed by atoms with van der Waals surface area (Å²) >= 11 is 0. The van der Waals surface area contributed by atoms with Crippen LogP contribution in [0.15, 0.2) is 48.7 Å². The normalized spacial score (nSPS) is 10.6. The van der Waals surface area contributed by atoms with Crippen LogP contribution in [-0.2, 0) is 11.3 Å². The van der Waals surface area contributed by atoms with Gasteiger partial charge in [-0.25, -0.2) is 0 Å². The summed E-state index contributed by atoms with van der Waals surface area (Å²) in [6.45, 7) is 6.16. The van der Waals surface area contributed by atoms with Gasteiger partial charge in [0.15, 0.2) is 0 Å². The van der Waals surface area contributed by atoms with Crippen LogP contribution in [0.2, 0.25) is 0 Å². The molecular formula is C21H22N4O4. The number of amides is 1. The number of rotatable bonds is 7. The minimum atomic E-state index is -0.515. The Kier molecular flexibility index (Phi) is 5.92. The number of aromatic nitrogens is 2. The van der Waals surface area contributed by atoms with Crippen molar-refractivity contribution >= 4 is 17.3 Å². The summed E-state index contributed by atoms with van der Waals surface area (Å²) in [6.07, 6.45) is 1.86. The van der Waals surface area contributed by atoms with Gasteiger partial charge in [-0.2, -0.15) is 5.10 Å². The molecule has 8 nitrogen and oxygen atoms in total. The van der Waals surface area contributed by atoms with Crippen molar-refractivity contribution in [2.45, 2.75) is 33.7 Å². The molecule has 1 heterocycles. The standard InChI is InChI=1S/C21H22N4O4/c1-14-4-5-15(2)20(10-14)29-19-12-17(11-18(13-19)25(27)28)23-21(26)7-9-24-16(3)6-8-22-24/h4-6,8,10-13H,7,9H2,1-3H3,(H,23,26). The molecule has 1 aromatic heterocycles. The molecule has 2 aromatic carbocycles. The summed E-state index contributed by atoms with van der Waals surface area (Å²) in [6, 6.07) is 11.8. The third-order valence-corrected chi connectivity index (χ3v) is 4.44. The van der Waals surface area contributed by atoms with E-state index in [9.17, 15) is 14.9 Å². The molecule has 0 saturated heterocycles. The molecule has 0 fully saturated rings. The molecule has 0 atom stereocenters. The first kappa shape index (κ1) is 20.1. The minimum Gasteiger partial charge on any atom is -0.457 e. The Morgan fingerprint density at radius 2 is 1.97 bits per heavy atom. The van der Waals surface area contributed by atoms with Crippen LogP contribution >= 0.6 is 0 Å². The summed E-state index contributed by atoms with van der Waals surface area (Å²) in [5.41, 5.74) is 3.02. The van der Waals surface area contributed by atoms with E-state index in [1.165, 1.54) is 12.1 Å². The van der Waals surface area contributed by atoms with Crippen molar-refractivity contribution in [1.29, 1.82) is 0 Å². The summed E-state index contributed by atoms with van der Waals surface area (Å²) in [4.78, 5) is 23.1. The van der Waals surface area contributed by atoms with E-state index in [1.807, 2.05) is 45.0 Å². The molecule has 0 bridgehead atoms. The fourth-order valence-corrected chi connectivity index (χ4v) is 2.83. The number of nitrogens with one attached hydrogen (secondary N) is 1. The lowest BCUT2D eigenvalue weighted by atomic mass is 10.1. The van der Waals surface area contributed by atoms with Crippen molar-refractivity contribution in [3.63, 3.8) is 0 Å². The largest absolute Gasteiger partial charge is 0.457 e. The Labute approximate surface area is 168 Å². The lowest BCUT2D eigenvalue weighted by molar-refractivity contribution is -0.384. The van der Waals surface area contributed by atoms with Crippen LogP contribution in [0.25, 0.3) is 0 Å². The SMILES string of the molecule is Cc1ccc(C)c(Oc2cc(NC(=O)CCn3nccc3C)cc([N+](=O)[O-])c2)c1. The molecule has 0 unspecified atom stereocenters. The molecule has 3 rings (SSSR count). The number of carbonyl (C=O) groups excluding carboxylic acids is 1. The summed E-state index contributed by atoms with van der Waals surface area (Å²) in [7, 11) is 0. The molecule has 3 aromatic rings. The summed E-state index contributed by atoms with van der Waals surface area (Å²) in [5.74, 6) is 0.626. The predicted octanol–water partition coefficient (Wildman–Crippen LogP) is 4.54. The van der Waals surface area contributed by atoms with Crippen LogP contribution < -0.4 is 10.1 Å². The molecular weight excluding hydrogens is 372 g/mol. The van der Waals surface area contributed by atoms with E-state index in [-0.39, 0.29) is 23.8 Å². The molecule has 0 radical (unpaired) electrons. The zero-order valence-corrected chi connectivity index (χ0v) is 16.5. The highest BCUT2D eigenvalue weighted by atomic mass is 16.6. The molecule has 8 heteroatoms. The van der Waals surface area contributed by atoms with E-state index in [2.05, 4.69) is 10.4 Å². The van der Waals surface area contributed by atoms with Crippen molar-refractivity contribution in [3.8, 4) is 11.5 Å². The molecule has 29 heavy (non-hydrogen) atoms. The number of hydrogen-bond acceptors (Lipinski definition) is 5. The fourth-order valence-electron chi connectivity index (χ4n) is 2.83.